The SMILES string of the molecule is CN[C@H](Cc1ccc2ccccc2c1)C(=O)N(C)CCc1ccccc1OCCO. The minimum Gasteiger partial charge on any atom is -0.491 e. The Kier molecular flexibility index (Phi) is 7.82. The van der Waals surface area contributed by atoms with Crippen LogP contribution in [0.3, 0.4) is 0 Å². The molecule has 0 aliphatic rings. The van der Waals surface area contributed by atoms with Crippen molar-refractivity contribution in [2.24, 2.45) is 0 Å². The number of carbonyl (C=O) groups excluding carboxylic acids is 1. The summed E-state index contributed by atoms with van der Waals surface area (Å²) in [5.41, 5.74) is 2.17. The Hall–Kier alpha value is -2.89. The third-order valence-corrected chi connectivity index (χ3v) is 5.31. The molecule has 30 heavy (non-hydrogen) atoms. The van der Waals surface area contributed by atoms with Gasteiger partial charge in [-0.15, -0.1) is 0 Å². The molecule has 1 atom stereocenters. The van der Waals surface area contributed by atoms with Crippen molar-refractivity contribution in [1.82, 2.24) is 10.2 Å². The van der Waals surface area contributed by atoms with Gasteiger partial charge in [0.05, 0.1) is 12.6 Å². The van der Waals surface area contributed by atoms with E-state index in [4.69, 9.17) is 9.84 Å². The second kappa shape index (κ2) is 10.8. The number of nitrogens with zero attached hydrogens (tertiary/aromatic N) is 1. The van der Waals surface area contributed by atoms with Gasteiger partial charge in [0.1, 0.15) is 12.4 Å². The maximum Gasteiger partial charge on any atom is 0.239 e. The molecule has 0 spiro atoms. The average Bonchev–Trinajstić information content (AvgIpc) is 2.79. The quantitative estimate of drug-likeness (QED) is 0.543. The Bertz CT molecular complexity index is 973. The number of likely N-dealkylation sites (N-methyl/N-ethyl adjacent to an activating group) is 2. The molecule has 0 aliphatic carbocycles. The summed E-state index contributed by atoms with van der Waals surface area (Å²) in [6, 6.07) is 22.1. The summed E-state index contributed by atoms with van der Waals surface area (Å²) in [6.45, 7) is 0.832. The van der Waals surface area contributed by atoms with Crippen molar-refractivity contribution in [3.05, 3.63) is 77.9 Å². The summed E-state index contributed by atoms with van der Waals surface area (Å²) >= 11 is 0. The molecule has 0 saturated heterocycles. The van der Waals surface area contributed by atoms with Crippen LogP contribution in [0.25, 0.3) is 10.8 Å². The lowest BCUT2D eigenvalue weighted by molar-refractivity contribution is -0.132. The Morgan fingerprint density at radius 1 is 1.07 bits per heavy atom. The molecular formula is C25H30N2O3. The maximum atomic E-state index is 13.0. The minimum absolute atomic E-state index is 0.0225. The first kappa shape index (κ1) is 21.8. The van der Waals surface area contributed by atoms with Crippen LogP contribution in [0.2, 0.25) is 0 Å². The van der Waals surface area contributed by atoms with Gasteiger partial charge in [-0.3, -0.25) is 4.79 Å². The van der Waals surface area contributed by atoms with Crippen molar-refractivity contribution in [2.75, 3.05) is 33.9 Å². The van der Waals surface area contributed by atoms with Crippen molar-refractivity contribution in [2.45, 2.75) is 18.9 Å². The molecule has 0 aromatic heterocycles. The predicted molar refractivity (Wildman–Crippen MR) is 121 cm³/mol. The fourth-order valence-corrected chi connectivity index (χ4v) is 3.59. The molecular weight excluding hydrogens is 376 g/mol. The van der Waals surface area contributed by atoms with Gasteiger partial charge in [0.15, 0.2) is 0 Å². The summed E-state index contributed by atoms with van der Waals surface area (Å²) in [5.74, 6) is 0.827. The van der Waals surface area contributed by atoms with Gasteiger partial charge in [-0.25, -0.2) is 0 Å². The zero-order valence-electron chi connectivity index (χ0n) is 17.7. The number of carbonyl (C=O) groups is 1. The van der Waals surface area contributed by atoms with E-state index in [0.29, 0.717) is 19.4 Å². The zero-order chi connectivity index (χ0) is 21.3. The van der Waals surface area contributed by atoms with Crippen molar-refractivity contribution in [1.29, 1.82) is 0 Å². The highest BCUT2D eigenvalue weighted by molar-refractivity contribution is 5.84. The van der Waals surface area contributed by atoms with Gasteiger partial charge in [-0.2, -0.15) is 0 Å². The molecule has 0 heterocycles. The lowest BCUT2D eigenvalue weighted by Gasteiger charge is -2.24. The molecule has 3 rings (SSSR count). The maximum absolute atomic E-state index is 13.0. The van der Waals surface area contributed by atoms with E-state index in [0.717, 1.165) is 16.9 Å². The highest BCUT2D eigenvalue weighted by Crippen LogP contribution is 2.19. The predicted octanol–water partition coefficient (Wildman–Crippen LogP) is 3.04. The van der Waals surface area contributed by atoms with E-state index in [1.165, 1.54) is 10.8 Å². The van der Waals surface area contributed by atoms with Gasteiger partial charge in [0.25, 0.3) is 0 Å². The number of hydrogen-bond donors (Lipinski definition) is 2. The van der Waals surface area contributed by atoms with Gasteiger partial charge < -0.3 is 20.1 Å². The van der Waals surface area contributed by atoms with E-state index in [2.05, 4.69) is 35.6 Å². The molecule has 0 unspecified atom stereocenters. The van der Waals surface area contributed by atoms with E-state index in [1.807, 2.05) is 50.5 Å². The molecule has 2 N–H and O–H groups in total. The number of para-hydroxylation sites is 1. The largest absolute Gasteiger partial charge is 0.491 e. The number of ether oxygens (including phenoxy) is 1. The number of nitrogens with one attached hydrogen (secondary N) is 1. The minimum atomic E-state index is -0.281. The number of amides is 1. The third-order valence-electron chi connectivity index (χ3n) is 5.31. The molecule has 0 radical (unpaired) electrons. The van der Waals surface area contributed by atoms with Gasteiger partial charge in [-0.05, 0) is 47.9 Å². The first-order valence-corrected chi connectivity index (χ1v) is 10.3. The number of fused-ring (bicyclic) bond motifs is 1. The van der Waals surface area contributed by atoms with Crippen LogP contribution >= 0.6 is 0 Å². The van der Waals surface area contributed by atoms with Crippen molar-refractivity contribution >= 4 is 16.7 Å². The van der Waals surface area contributed by atoms with Crippen molar-refractivity contribution in [3.8, 4) is 5.75 Å². The van der Waals surface area contributed by atoms with E-state index >= 15 is 0 Å². The second-order valence-corrected chi connectivity index (χ2v) is 7.42. The number of rotatable bonds is 10. The summed E-state index contributed by atoms with van der Waals surface area (Å²) in [6.07, 6.45) is 1.33. The lowest BCUT2D eigenvalue weighted by atomic mass is 10.0. The van der Waals surface area contributed by atoms with Crippen LogP contribution in [0.15, 0.2) is 66.7 Å². The van der Waals surface area contributed by atoms with E-state index in [9.17, 15) is 4.79 Å². The molecule has 0 fully saturated rings. The third kappa shape index (κ3) is 5.59. The molecule has 3 aromatic carbocycles. The van der Waals surface area contributed by atoms with E-state index in [1.54, 1.807) is 4.90 Å². The van der Waals surface area contributed by atoms with E-state index in [-0.39, 0.29) is 25.2 Å². The standard InChI is InChI=1S/C25H30N2O3/c1-26-23(18-19-11-12-20-7-3-4-9-22(20)17-19)25(29)27(2)14-13-21-8-5-6-10-24(21)30-16-15-28/h3-12,17,23,26,28H,13-16,18H2,1-2H3/t23-/m1/s1. The average molecular weight is 407 g/mol. The topological polar surface area (TPSA) is 61.8 Å². The van der Waals surface area contributed by atoms with Crippen LogP contribution in [0, 0.1) is 0 Å². The normalized spacial score (nSPS) is 12.0. The zero-order valence-corrected chi connectivity index (χ0v) is 17.7. The molecule has 3 aromatic rings. The molecule has 5 heteroatoms. The van der Waals surface area contributed by atoms with Gasteiger partial charge in [0, 0.05) is 13.6 Å². The molecule has 0 bridgehead atoms. The fraction of sp³-hybridized carbons (Fsp3) is 0.320. The van der Waals surface area contributed by atoms with Crippen LogP contribution < -0.4 is 10.1 Å². The van der Waals surface area contributed by atoms with Crippen LogP contribution in [-0.4, -0.2) is 55.8 Å². The summed E-state index contributed by atoms with van der Waals surface area (Å²) < 4.78 is 5.60. The monoisotopic (exact) mass is 406 g/mol. The van der Waals surface area contributed by atoms with Gasteiger partial charge in [-0.1, -0.05) is 60.7 Å². The Labute approximate surface area is 178 Å². The van der Waals surface area contributed by atoms with Crippen LogP contribution in [-0.2, 0) is 17.6 Å². The number of aliphatic hydroxyl groups is 1. The van der Waals surface area contributed by atoms with Crippen LogP contribution in [0.1, 0.15) is 11.1 Å². The summed E-state index contributed by atoms with van der Waals surface area (Å²) in [5, 5.41) is 14.6. The number of hydrogen-bond acceptors (Lipinski definition) is 4. The van der Waals surface area contributed by atoms with Crippen molar-refractivity contribution in [3.63, 3.8) is 0 Å². The molecule has 1 amide bonds. The molecule has 5 nitrogen and oxygen atoms in total. The van der Waals surface area contributed by atoms with Gasteiger partial charge >= 0.3 is 0 Å². The molecule has 158 valence electrons. The Morgan fingerprint density at radius 2 is 1.80 bits per heavy atom. The highest BCUT2D eigenvalue weighted by atomic mass is 16.5. The lowest BCUT2D eigenvalue weighted by Crippen LogP contribution is -2.45. The first-order valence-electron chi connectivity index (χ1n) is 10.3. The highest BCUT2D eigenvalue weighted by Gasteiger charge is 2.21. The fourth-order valence-electron chi connectivity index (χ4n) is 3.59. The molecule has 0 saturated carbocycles. The number of aliphatic hydroxyl groups excluding tert-OH is 1. The second-order valence-electron chi connectivity index (χ2n) is 7.42. The van der Waals surface area contributed by atoms with E-state index < -0.39 is 0 Å². The number of benzene rings is 3. The molecule has 0 aliphatic heterocycles. The summed E-state index contributed by atoms with van der Waals surface area (Å²) in [4.78, 5) is 14.8. The smallest absolute Gasteiger partial charge is 0.239 e. The van der Waals surface area contributed by atoms with Gasteiger partial charge in [0.2, 0.25) is 5.91 Å². The Morgan fingerprint density at radius 3 is 2.57 bits per heavy atom. The van der Waals surface area contributed by atoms with Crippen molar-refractivity contribution < 1.29 is 14.6 Å². The first-order chi connectivity index (χ1) is 14.6. The van der Waals surface area contributed by atoms with Crippen LogP contribution in [0.5, 0.6) is 5.75 Å². The summed E-state index contributed by atoms with van der Waals surface area (Å²) in [7, 11) is 3.67. The Balaban J connectivity index is 1.62. The van der Waals surface area contributed by atoms with Crippen LogP contribution in [0.4, 0.5) is 0 Å².